The van der Waals surface area contributed by atoms with Gasteiger partial charge in [0.2, 0.25) is 5.91 Å². The molecule has 0 spiro atoms. The first-order chi connectivity index (χ1) is 13.8. The minimum atomic E-state index is -1.01. The van der Waals surface area contributed by atoms with Crippen LogP contribution in [0.5, 0.6) is 0 Å². The van der Waals surface area contributed by atoms with Crippen LogP contribution >= 0.6 is 12.4 Å². The highest BCUT2D eigenvalue weighted by atomic mass is 35.5. The second-order valence-electron chi connectivity index (χ2n) is 7.82. The first-order valence-electron chi connectivity index (χ1n) is 9.71. The molecule has 5 N–H and O–H groups in total. The molecule has 1 saturated carbocycles. The van der Waals surface area contributed by atoms with E-state index in [1.165, 1.54) is 0 Å². The highest BCUT2D eigenvalue weighted by Gasteiger charge is 2.62. The maximum Gasteiger partial charge on any atom is 0.323 e. The van der Waals surface area contributed by atoms with Crippen molar-refractivity contribution in [2.45, 2.75) is 38.8 Å². The van der Waals surface area contributed by atoms with Crippen LogP contribution in [0.15, 0.2) is 54.6 Å². The number of hydrogen-bond acceptors (Lipinski definition) is 4. The highest BCUT2D eigenvalue weighted by Crippen LogP contribution is 2.50. The van der Waals surface area contributed by atoms with E-state index in [4.69, 9.17) is 10.5 Å². The number of ether oxygens (including phenoxy) is 1. The predicted molar refractivity (Wildman–Crippen MR) is 122 cm³/mol. The molecule has 2 aromatic carbocycles. The summed E-state index contributed by atoms with van der Waals surface area (Å²) >= 11 is 0. The molecule has 2 unspecified atom stereocenters. The molecule has 1 aliphatic carbocycles. The number of anilines is 3. The van der Waals surface area contributed by atoms with Gasteiger partial charge in [0.1, 0.15) is 5.54 Å². The Morgan fingerprint density at radius 2 is 1.57 bits per heavy atom. The molecule has 7 nitrogen and oxygen atoms in total. The van der Waals surface area contributed by atoms with E-state index in [1.807, 2.05) is 39.0 Å². The normalized spacial score (nSPS) is 21.5. The molecule has 0 aromatic heterocycles. The minimum absolute atomic E-state index is 0. The lowest BCUT2D eigenvalue weighted by Gasteiger charge is -2.57. The number of nitrogens with two attached hydrogens (primary N) is 1. The van der Waals surface area contributed by atoms with Gasteiger partial charge >= 0.3 is 6.03 Å². The number of rotatable bonds is 6. The average Bonchev–Trinajstić information content (AvgIpc) is 2.68. The van der Waals surface area contributed by atoms with Crippen molar-refractivity contribution < 1.29 is 14.3 Å². The van der Waals surface area contributed by atoms with Gasteiger partial charge in [0.15, 0.2) is 0 Å². The fourth-order valence-electron chi connectivity index (χ4n) is 3.55. The number of benzene rings is 2. The Bertz CT molecular complexity index is 891. The number of carbonyl (C=O) groups is 2. The number of nitrogens with one attached hydrogen (secondary N) is 3. The maximum absolute atomic E-state index is 12.9. The number of amides is 3. The summed E-state index contributed by atoms with van der Waals surface area (Å²) in [4.78, 5) is 25.0. The van der Waals surface area contributed by atoms with Gasteiger partial charge in [-0.1, -0.05) is 38.1 Å². The number of urea groups is 1. The van der Waals surface area contributed by atoms with Crippen LogP contribution in [0.25, 0.3) is 0 Å². The Morgan fingerprint density at radius 1 is 1.00 bits per heavy atom. The van der Waals surface area contributed by atoms with Gasteiger partial charge in [-0.3, -0.25) is 4.79 Å². The van der Waals surface area contributed by atoms with Crippen molar-refractivity contribution in [1.82, 2.24) is 0 Å². The Morgan fingerprint density at radius 3 is 2.17 bits per heavy atom. The average molecular weight is 433 g/mol. The van der Waals surface area contributed by atoms with Gasteiger partial charge < -0.3 is 26.4 Å². The van der Waals surface area contributed by atoms with Crippen molar-refractivity contribution >= 4 is 41.4 Å². The summed E-state index contributed by atoms with van der Waals surface area (Å²) in [5.74, 6) is -0.260. The maximum atomic E-state index is 12.9. The summed E-state index contributed by atoms with van der Waals surface area (Å²) < 4.78 is 5.69. The molecule has 0 aliphatic heterocycles. The molecule has 1 fully saturated rings. The summed E-state index contributed by atoms with van der Waals surface area (Å²) in [5, 5.41) is 8.38. The van der Waals surface area contributed by atoms with Gasteiger partial charge in [0.25, 0.3) is 0 Å². The molecule has 30 heavy (non-hydrogen) atoms. The summed E-state index contributed by atoms with van der Waals surface area (Å²) in [6.45, 7) is 6.41. The molecule has 0 bridgehead atoms. The lowest BCUT2D eigenvalue weighted by atomic mass is 9.54. The van der Waals surface area contributed by atoms with Crippen LogP contribution in [0.4, 0.5) is 21.9 Å². The molecule has 2 atom stereocenters. The van der Waals surface area contributed by atoms with Crippen LogP contribution in [0.3, 0.4) is 0 Å². The second kappa shape index (κ2) is 9.47. The molecule has 3 amide bonds. The predicted octanol–water partition coefficient (Wildman–Crippen LogP) is 4.22. The molecule has 0 saturated heterocycles. The molecular formula is C22H29ClN4O3. The van der Waals surface area contributed by atoms with Crippen LogP contribution in [-0.2, 0) is 9.53 Å². The summed E-state index contributed by atoms with van der Waals surface area (Å²) in [5.41, 5.74) is 6.75. The first-order valence-corrected chi connectivity index (χ1v) is 9.71. The van der Waals surface area contributed by atoms with Gasteiger partial charge in [-0.05, 0) is 37.3 Å². The SMILES string of the molecule is CCOC1CC(N)(C(=O)Nc2cccc(NC(=O)Nc3ccccc3)c2)C1(C)C.Cl. The van der Waals surface area contributed by atoms with Gasteiger partial charge in [-0.2, -0.15) is 0 Å². The molecular weight excluding hydrogens is 404 g/mol. The third-order valence-electron chi connectivity index (χ3n) is 5.65. The molecule has 162 valence electrons. The Labute approximate surface area is 183 Å². The zero-order valence-electron chi connectivity index (χ0n) is 17.4. The smallest absolute Gasteiger partial charge is 0.323 e. The zero-order chi connectivity index (χ0) is 21.1. The van der Waals surface area contributed by atoms with E-state index in [-0.39, 0.29) is 30.4 Å². The topological polar surface area (TPSA) is 105 Å². The minimum Gasteiger partial charge on any atom is -0.378 e. The van der Waals surface area contributed by atoms with Gasteiger partial charge in [-0.15, -0.1) is 12.4 Å². The molecule has 8 heteroatoms. The van der Waals surface area contributed by atoms with Crippen molar-refractivity contribution in [3.63, 3.8) is 0 Å². The van der Waals surface area contributed by atoms with Crippen molar-refractivity contribution in [2.75, 3.05) is 22.6 Å². The van der Waals surface area contributed by atoms with E-state index in [9.17, 15) is 9.59 Å². The van der Waals surface area contributed by atoms with Gasteiger partial charge in [0.05, 0.1) is 6.10 Å². The standard InChI is InChI=1S/C22H28N4O3.ClH/c1-4-29-18-14-22(23,21(18,2)3)19(27)24-16-11-8-12-17(13-16)26-20(28)25-15-9-6-5-7-10-15;/h5-13,18H,4,14,23H2,1-3H3,(H,24,27)(H2,25,26,28);1H. The third kappa shape index (κ3) is 4.75. The van der Waals surface area contributed by atoms with E-state index in [0.29, 0.717) is 30.1 Å². The van der Waals surface area contributed by atoms with Crippen LogP contribution < -0.4 is 21.7 Å². The van der Waals surface area contributed by atoms with Gasteiger partial charge in [-0.25, -0.2) is 4.79 Å². The Balaban J connectivity index is 0.00000320. The monoisotopic (exact) mass is 432 g/mol. The number of para-hydroxylation sites is 1. The van der Waals surface area contributed by atoms with Crippen molar-refractivity contribution in [1.29, 1.82) is 0 Å². The molecule has 2 aromatic rings. The quantitative estimate of drug-likeness (QED) is 0.548. The molecule has 3 rings (SSSR count). The Kier molecular flexibility index (Phi) is 7.47. The lowest BCUT2D eigenvalue weighted by Crippen LogP contribution is -2.74. The van der Waals surface area contributed by atoms with Crippen LogP contribution in [-0.4, -0.2) is 30.2 Å². The van der Waals surface area contributed by atoms with Crippen LogP contribution in [0, 0.1) is 5.41 Å². The summed E-state index contributed by atoms with van der Waals surface area (Å²) in [6.07, 6.45) is 0.426. The number of halogens is 1. The van der Waals surface area contributed by atoms with Crippen LogP contribution in [0.2, 0.25) is 0 Å². The van der Waals surface area contributed by atoms with Crippen molar-refractivity contribution in [3.8, 4) is 0 Å². The fourth-order valence-corrected chi connectivity index (χ4v) is 3.55. The fraction of sp³-hybridized carbons (Fsp3) is 0.364. The number of carbonyl (C=O) groups excluding carboxylic acids is 2. The highest BCUT2D eigenvalue weighted by molar-refractivity contribution is 6.02. The van der Waals surface area contributed by atoms with Gasteiger partial charge in [0, 0.05) is 35.5 Å². The summed E-state index contributed by atoms with van der Waals surface area (Å²) in [6, 6.07) is 15.7. The Hall–Kier alpha value is -2.61. The largest absolute Gasteiger partial charge is 0.378 e. The van der Waals surface area contributed by atoms with E-state index in [2.05, 4.69) is 16.0 Å². The lowest BCUT2D eigenvalue weighted by molar-refractivity contribution is -0.166. The van der Waals surface area contributed by atoms with E-state index in [0.717, 1.165) is 0 Å². The van der Waals surface area contributed by atoms with Crippen molar-refractivity contribution in [3.05, 3.63) is 54.6 Å². The van der Waals surface area contributed by atoms with Crippen molar-refractivity contribution in [2.24, 2.45) is 11.1 Å². The summed E-state index contributed by atoms with van der Waals surface area (Å²) in [7, 11) is 0. The molecule has 0 radical (unpaired) electrons. The number of hydrogen-bond donors (Lipinski definition) is 4. The van der Waals surface area contributed by atoms with E-state index in [1.54, 1.807) is 36.4 Å². The van der Waals surface area contributed by atoms with E-state index >= 15 is 0 Å². The third-order valence-corrected chi connectivity index (χ3v) is 5.65. The molecule has 0 heterocycles. The van der Waals surface area contributed by atoms with E-state index < -0.39 is 11.0 Å². The molecule has 1 aliphatic rings. The first kappa shape index (κ1) is 23.7. The van der Waals surface area contributed by atoms with Crippen LogP contribution in [0.1, 0.15) is 27.2 Å². The second-order valence-corrected chi connectivity index (χ2v) is 7.82. The zero-order valence-corrected chi connectivity index (χ0v) is 18.2.